The van der Waals surface area contributed by atoms with Gasteiger partial charge >= 0.3 is 7.69 Å². The molecule has 25 heavy (non-hydrogen) atoms. The number of unbranched alkanes of at least 4 members (excludes halogenated alkanes) is 4. The zero-order valence-electron chi connectivity index (χ0n) is 15.7. The minimum absolute atomic E-state index is 0.801. The fraction of sp³-hybridized carbons (Fsp3) is 0.455. The molecular weight excluding hydrogens is 307 g/mol. The number of hydrogen-bond donors (Lipinski definition) is 0. The average molecular weight is 337 g/mol. The minimum Gasteiger partial charge on any atom is -0.526 e. The van der Waals surface area contributed by atoms with E-state index in [1.807, 2.05) is 24.3 Å². The van der Waals surface area contributed by atoms with Gasteiger partial charge in [-0.25, -0.2) is 0 Å². The highest BCUT2D eigenvalue weighted by Crippen LogP contribution is 2.16. The second-order valence-electron chi connectivity index (χ2n) is 6.53. The Balaban J connectivity index is 1.69. The first-order valence-corrected chi connectivity index (χ1v) is 9.64. The summed E-state index contributed by atoms with van der Waals surface area (Å²) in [5.74, 6) is 1.60. The van der Waals surface area contributed by atoms with Gasteiger partial charge in [0, 0.05) is 0 Å². The van der Waals surface area contributed by atoms with Gasteiger partial charge < -0.3 is 9.31 Å². The highest BCUT2D eigenvalue weighted by molar-refractivity contribution is 6.20. The largest absolute Gasteiger partial charge is 0.658 e. The standard InChI is InChI=1S/C22H30BO2/c1-3-5-7-9-19-11-15-21(16-12-19)24-23-25-22-17-13-20(14-18-22)10-8-6-4-2/h11-18H,3-10H2,1-2H3. The first kappa shape index (κ1) is 19.4. The van der Waals surface area contributed by atoms with Crippen molar-refractivity contribution in [3.8, 4) is 11.5 Å². The summed E-state index contributed by atoms with van der Waals surface area (Å²) < 4.78 is 11.1. The van der Waals surface area contributed by atoms with Crippen LogP contribution in [-0.2, 0) is 12.8 Å². The summed E-state index contributed by atoms with van der Waals surface area (Å²) in [6.45, 7) is 4.46. The van der Waals surface area contributed by atoms with Crippen LogP contribution in [0.3, 0.4) is 0 Å². The maximum Gasteiger partial charge on any atom is 0.658 e. The fourth-order valence-corrected chi connectivity index (χ4v) is 2.76. The SMILES string of the molecule is CCCCCc1ccc(O[B]Oc2ccc(CCCCC)cc2)cc1. The van der Waals surface area contributed by atoms with Gasteiger partial charge in [0.2, 0.25) is 0 Å². The van der Waals surface area contributed by atoms with Gasteiger partial charge in [-0.1, -0.05) is 63.8 Å². The molecule has 2 rings (SSSR count). The van der Waals surface area contributed by atoms with Gasteiger partial charge in [-0.2, -0.15) is 0 Å². The van der Waals surface area contributed by atoms with Crippen molar-refractivity contribution >= 4 is 7.69 Å². The molecule has 0 unspecified atom stereocenters. The smallest absolute Gasteiger partial charge is 0.526 e. The van der Waals surface area contributed by atoms with E-state index in [0.29, 0.717) is 0 Å². The van der Waals surface area contributed by atoms with Gasteiger partial charge in [0.1, 0.15) is 11.5 Å². The highest BCUT2D eigenvalue weighted by Gasteiger charge is 2.03. The fourth-order valence-electron chi connectivity index (χ4n) is 2.76. The van der Waals surface area contributed by atoms with Crippen LogP contribution in [0.25, 0.3) is 0 Å². The number of rotatable bonds is 12. The maximum absolute atomic E-state index is 5.55. The Morgan fingerprint density at radius 3 is 1.36 bits per heavy atom. The van der Waals surface area contributed by atoms with E-state index in [0.717, 1.165) is 24.3 Å². The second kappa shape index (κ2) is 11.6. The van der Waals surface area contributed by atoms with Gasteiger partial charge in [-0.05, 0) is 61.1 Å². The molecule has 0 saturated heterocycles. The monoisotopic (exact) mass is 337 g/mol. The Bertz CT molecular complexity index is 524. The van der Waals surface area contributed by atoms with Crippen LogP contribution < -0.4 is 9.31 Å². The molecule has 0 aliphatic carbocycles. The predicted molar refractivity (Wildman–Crippen MR) is 106 cm³/mol. The van der Waals surface area contributed by atoms with Crippen molar-refractivity contribution in [2.45, 2.75) is 65.2 Å². The molecule has 0 spiro atoms. The highest BCUT2D eigenvalue weighted by atomic mass is 16.6. The Morgan fingerprint density at radius 2 is 1.00 bits per heavy atom. The number of aryl methyl sites for hydroxylation is 2. The summed E-state index contributed by atoms with van der Waals surface area (Å²) in [6.07, 6.45) is 9.87. The third kappa shape index (κ3) is 7.68. The molecule has 2 aromatic carbocycles. The van der Waals surface area contributed by atoms with Crippen molar-refractivity contribution in [3.63, 3.8) is 0 Å². The molecule has 0 atom stereocenters. The zero-order valence-corrected chi connectivity index (χ0v) is 15.7. The molecule has 0 amide bonds. The summed E-state index contributed by atoms with van der Waals surface area (Å²) in [5, 5.41) is 0. The third-order valence-corrected chi connectivity index (χ3v) is 4.35. The summed E-state index contributed by atoms with van der Waals surface area (Å²) in [6, 6.07) is 16.5. The van der Waals surface area contributed by atoms with Gasteiger partial charge in [0.15, 0.2) is 0 Å². The molecule has 133 valence electrons. The van der Waals surface area contributed by atoms with E-state index < -0.39 is 0 Å². The van der Waals surface area contributed by atoms with Gasteiger partial charge in [-0.3, -0.25) is 0 Å². The van der Waals surface area contributed by atoms with E-state index in [4.69, 9.17) is 9.31 Å². The summed E-state index contributed by atoms with van der Waals surface area (Å²) in [5.41, 5.74) is 2.72. The summed E-state index contributed by atoms with van der Waals surface area (Å²) >= 11 is 0. The Labute approximate surface area is 153 Å². The quantitative estimate of drug-likeness (QED) is 0.342. The molecular formula is C22H30BO2. The van der Waals surface area contributed by atoms with Gasteiger partial charge in [0.25, 0.3) is 0 Å². The second-order valence-corrected chi connectivity index (χ2v) is 6.53. The van der Waals surface area contributed by atoms with Gasteiger partial charge in [-0.15, -0.1) is 0 Å². The lowest BCUT2D eigenvalue weighted by molar-refractivity contribution is 0.459. The van der Waals surface area contributed by atoms with Crippen molar-refractivity contribution in [3.05, 3.63) is 59.7 Å². The Kier molecular flexibility index (Phi) is 9.03. The molecule has 2 nitrogen and oxygen atoms in total. The average Bonchev–Trinajstić information content (AvgIpc) is 2.65. The lowest BCUT2D eigenvalue weighted by atomic mass is 10.1. The molecule has 0 aliphatic rings. The Hall–Kier alpha value is -1.90. The van der Waals surface area contributed by atoms with E-state index in [1.54, 1.807) is 0 Å². The van der Waals surface area contributed by atoms with Crippen LogP contribution in [0.4, 0.5) is 0 Å². The molecule has 0 aromatic heterocycles. The van der Waals surface area contributed by atoms with Crippen LogP contribution in [0, 0.1) is 0 Å². The molecule has 0 saturated carbocycles. The summed E-state index contributed by atoms with van der Waals surface area (Å²) in [4.78, 5) is 0. The van der Waals surface area contributed by atoms with Gasteiger partial charge in [0.05, 0.1) is 0 Å². The molecule has 0 aliphatic heterocycles. The lowest BCUT2D eigenvalue weighted by Gasteiger charge is -2.08. The molecule has 0 heterocycles. The molecule has 1 radical (unpaired) electrons. The predicted octanol–water partition coefficient (Wildman–Crippen LogP) is 6.14. The molecule has 2 aromatic rings. The summed E-state index contributed by atoms with van der Waals surface area (Å²) in [7, 11) is 1.40. The van der Waals surface area contributed by atoms with E-state index in [1.165, 1.54) is 57.3 Å². The topological polar surface area (TPSA) is 18.5 Å². The van der Waals surface area contributed by atoms with Crippen LogP contribution in [0.5, 0.6) is 11.5 Å². The third-order valence-electron chi connectivity index (χ3n) is 4.35. The van der Waals surface area contributed by atoms with Crippen molar-refractivity contribution < 1.29 is 9.31 Å². The van der Waals surface area contributed by atoms with Crippen LogP contribution in [0.2, 0.25) is 0 Å². The van der Waals surface area contributed by atoms with E-state index in [-0.39, 0.29) is 0 Å². The van der Waals surface area contributed by atoms with Crippen molar-refractivity contribution in [2.24, 2.45) is 0 Å². The van der Waals surface area contributed by atoms with Crippen LogP contribution in [-0.4, -0.2) is 7.69 Å². The molecule has 3 heteroatoms. The van der Waals surface area contributed by atoms with E-state index in [2.05, 4.69) is 38.1 Å². The van der Waals surface area contributed by atoms with Crippen molar-refractivity contribution in [1.29, 1.82) is 0 Å². The molecule has 0 bridgehead atoms. The number of benzene rings is 2. The molecule has 0 fully saturated rings. The Morgan fingerprint density at radius 1 is 0.600 bits per heavy atom. The first-order chi connectivity index (χ1) is 12.3. The van der Waals surface area contributed by atoms with Crippen molar-refractivity contribution in [2.75, 3.05) is 0 Å². The molecule has 0 N–H and O–H groups in total. The normalized spacial score (nSPS) is 10.5. The van der Waals surface area contributed by atoms with E-state index in [9.17, 15) is 0 Å². The van der Waals surface area contributed by atoms with Crippen LogP contribution in [0.1, 0.15) is 63.5 Å². The first-order valence-electron chi connectivity index (χ1n) is 9.64. The van der Waals surface area contributed by atoms with Crippen molar-refractivity contribution in [1.82, 2.24) is 0 Å². The lowest BCUT2D eigenvalue weighted by Crippen LogP contribution is -2.10. The maximum atomic E-state index is 5.55. The number of hydrogen-bond acceptors (Lipinski definition) is 2. The van der Waals surface area contributed by atoms with Crippen LogP contribution in [0.15, 0.2) is 48.5 Å². The zero-order chi connectivity index (χ0) is 17.7. The van der Waals surface area contributed by atoms with E-state index >= 15 is 0 Å². The minimum atomic E-state index is 0.801. The van der Waals surface area contributed by atoms with Crippen LogP contribution >= 0.6 is 0 Å².